The van der Waals surface area contributed by atoms with Crippen LogP contribution in [0.3, 0.4) is 0 Å². The van der Waals surface area contributed by atoms with Crippen LogP contribution < -0.4 is 10.4 Å². The highest BCUT2D eigenvalue weighted by molar-refractivity contribution is 5.60. The third kappa shape index (κ3) is 2.43. The molecular formula is C18H24O3. The zero-order valence-corrected chi connectivity index (χ0v) is 13.3. The van der Waals surface area contributed by atoms with Gasteiger partial charge in [0.15, 0.2) is 0 Å². The highest BCUT2D eigenvalue weighted by atomic mass is 16.5. The largest absolute Gasteiger partial charge is 0.482 e. The fourth-order valence-electron chi connectivity index (χ4n) is 4.00. The molecule has 3 atom stereocenters. The Bertz CT molecular complexity index is 626. The Labute approximate surface area is 126 Å². The van der Waals surface area contributed by atoms with Gasteiger partial charge >= 0.3 is 5.63 Å². The van der Waals surface area contributed by atoms with Crippen molar-refractivity contribution in [2.24, 2.45) is 17.8 Å². The monoisotopic (exact) mass is 288 g/mol. The first-order valence-corrected chi connectivity index (χ1v) is 7.94. The fourth-order valence-corrected chi connectivity index (χ4v) is 4.00. The van der Waals surface area contributed by atoms with E-state index in [0.717, 1.165) is 6.42 Å². The fraction of sp³-hybridized carbons (Fsp3) is 0.611. The Kier molecular flexibility index (Phi) is 3.46. The van der Waals surface area contributed by atoms with Gasteiger partial charge in [0.1, 0.15) is 22.7 Å². The molecule has 0 N–H and O–H groups in total. The molecule has 1 aliphatic heterocycles. The van der Waals surface area contributed by atoms with Gasteiger partial charge in [0, 0.05) is 12.0 Å². The van der Waals surface area contributed by atoms with Crippen LogP contribution in [-0.2, 0) is 0 Å². The van der Waals surface area contributed by atoms with Crippen molar-refractivity contribution in [1.29, 1.82) is 0 Å². The lowest BCUT2D eigenvalue weighted by Crippen LogP contribution is -2.49. The molecule has 0 saturated heterocycles. The molecule has 0 unspecified atom stereocenters. The average Bonchev–Trinajstić information content (AvgIpc) is 2.37. The normalized spacial score (nSPS) is 31.3. The summed E-state index contributed by atoms with van der Waals surface area (Å²) in [6.45, 7) is 8.61. The summed E-state index contributed by atoms with van der Waals surface area (Å²) in [7, 11) is 0. The van der Waals surface area contributed by atoms with E-state index in [1.54, 1.807) is 6.92 Å². The zero-order chi connectivity index (χ0) is 15.2. The molecular weight excluding hydrogens is 264 g/mol. The summed E-state index contributed by atoms with van der Waals surface area (Å²) in [5, 5.41) is 0. The SMILES string of the molecule is Cc1cc2c(c(=O)o1)C=C[C@@]1(C[C@@H](C)CC[C@@H]1C(C)C)O2. The van der Waals surface area contributed by atoms with Crippen molar-refractivity contribution in [3.05, 3.63) is 33.9 Å². The van der Waals surface area contributed by atoms with Crippen LogP contribution in [0.4, 0.5) is 0 Å². The Hall–Kier alpha value is -1.51. The van der Waals surface area contributed by atoms with Gasteiger partial charge in [-0.15, -0.1) is 0 Å². The van der Waals surface area contributed by atoms with E-state index in [1.165, 1.54) is 12.8 Å². The molecule has 114 valence electrons. The van der Waals surface area contributed by atoms with Crippen molar-refractivity contribution >= 4 is 6.08 Å². The van der Waals surface area contributed by atoms with Gasteiger partial charge < -0.3 is 9.15 Å². The van der Waals surface area contributed by atoms with E-state index < -0.39 is 0 Å². The standard InChI is InChI=1S/C18H24O3/c1-11(2)15-6-5-12(3)10-18(15)8-7-14-16(21-18)9-13(4)20-17(14)19/h7-9,11-12,15H,5-6,10H2,1-4H3/t12-,15+,18-/m0/s1. The van der Waals surface area contributed by atoms with E-state index in [9.17, 15) is 4.79 Å². The Balaban J connectivity index is 2.05. The van der Waals surface area contributed by atoms with Gasteiger partial charge in [-0.25, -0.2) is 4.79 Å². The van der Waals surface area contributed by atoms with E-state index in [2.05, 4.69) is 26.8 Å². The smallest absolute Gasteiger partial charge is 0.346 e. The van der Waals surface area contributed by atoms with Gasteiger partial charge in [-0.2, -0.15) is 0 Å². The van der Waals surface area contributed by atoms with Crippen molar-refractivity contribution in [2.45, 2.75) is 52.6 Å². The minimum absolute atomic E-state index is 0.265. The third-order valence-corrected chi connectivity index (χ3v) is 4.98. The molecule has 3 rings (SSSR count). The summed E-state index contributed by atoms with van der Waals surface area (Å²) in [6, 6.07) is 1.85. The van der Waals surface area contributed by atoms with E-state index in [0.29, 0.717) is 34.8 Å². The molecule has 0 aromatic carbocycles. The maximum Gasteiger partial charge on any atom is 0.346 e. The molecule has 1 saturated carbocycles. The molecule has 1 aromatic rings. The Morgan fingerprint density at radius 2 is 2.10 bits per heavy atom. The summed E-state index contributed by atoms with van der Waals surface area (Å²) >= 11 is 0. The van der Waals surface area contributed by atoms with Gasteiger partial charge in [0.2, 0.25) is 0 Å². The lowest BCUT2D eigenvalue weighted by Gasteiger charge is -2.47. The van der Waals surface area contributed by atoms with Crippen molar-refractivity contribution < 1.29 is 9.15 Å². The van der Waals surface area contributed by atoms with Crippen LogP contribution >= 0.6 is 0 Å². The Morgan fingerprint density at radius 3 is 2.81 bits per heavy atom. The van der Waals surface area contributed by atoms with Crippen LogP contribution in [0.15, 0.2) is 21.4 Å². The van der Waals surface area contributed by atoms with Gasteiger partial charge in [-0.05, 0) is 43.8 Å². The van der Waals surface area contributed by atoms with E-state index in [-0.39, 0.29) is 11.2 Å². The minimum atomic E-state index is -0.305. The average molecular weight is 288 g/mol. The zero-order valence-electron chi connectivity index (χ0n) is 13.3. The van der Waals surface area contributed by atoms with Crippen LogP contribution in [0.1, 0.15) is 51.4 Å². The number of hydrogen-bond acceptors (Lipinski definition) is 3. The molecule has 1 aliphatic carbocycles. The number of ether oxygens (including phenoxy) is 1. The maximum absolute atomic E-state index is 11.9. The second kappa shape index (κ2) is 5.04. The minimum Gasteiger partial charge on any atom is -0.482 e. The van der Waals surface area contributed by atoms with Crippen LogP contribution in [0.25, 0.3) is 6.08 Å². The number of aryl methyl sites for hydroxylation is 1. The molecule has 0 amide bonds. The molecule has 0 radical (unpaired) electrons. The molecule has 0 bridgehead atoms. The topological polar surface area (TPSA) is 39.4 Å². The number of rotatable bonds is 1. The van der Waals surface area contributed by atoms with Crippen molar-refractivity contribution in [3.8, 4) is 5.75 Å². The molecule has 1 fully saturated rings. The number of fused-ring (bicyclic) bond motifs is 1. The number of hydrogen-bond donors (Lipinski definition) is 0. The lowest BCUT2D eigenvalue weighted by atomic mass is 9.66. The van der Waals surface area contributed by atoms with Gasteiger partial charge in [0.25, 0.3) is 0 Å². The third-order valence-electron chi connectivity index (χ3n) is 4.98. The summed E-state index contributed by atoms with van der Waals surface area (Å²) < 4.78 is 11.6. The van der Waals surface area contributed by atoms with E-state index in [1.807, 2.05) is 12.1 Å². The maximum atomic E-state index is 11.9. The first-order valence-electron chi connectivity index (χ1n) is 7.94. The highest BCUT2D eigenvalue weighted by Gasteiger charge is 2.46. The molecule has 3 heteroatoms. The first kappa shape index (κ1) is 14.4. The van der Waals surface area contributed by atoms with Gasteiger partial charge in [-0.3, -0.25) is 0 Å². The highest BCUT2D eigenvalue weighted by Crippen LogP contribution is 2.47. The predicted octanol–water partition coefficient (Wildman–Crippen LogP) is 4.18. The molecule has 1 aromatic heterocycles. The molecule has 3 nitrogen and oxygen atoms in total. The van der Waals surface area contributed by atoms with Crippen LogP contribution in [0.2, 0.25) is 0 Å². The summed E-state index contributed by atoms with van der Waals surface area (Å²) in [5.41, 5.74) is -0.0213. The van der Waals surface area contributed by atoms with Gasteiger partial charge in [-0.1, -0.05) is 27.2 Å². The summed E-state index contributed by atoms with van der Waals surface area (Å²) in [4.78, 5) is 11.9. The quantitative estimate of drug-likeness (QED) is 0.778. The summed E-state index contributed by atoms with van der Waals surface area (Å²) in [5.74, 6) is 2.99. The first-order chi connectivity index (χ1) is 9.91. The Morgan fingerprint density at radius 1 is 1.33 bits per heavy atom. The predicted molar refractivity (Wildman–Crippen MR) is 83.5 cm³/mol. The van der Waals surface area contributed by atoms with Crippen LogP contribution in [0.5, 0.6) is 5.75 Å². The van der Waals surface area contributed by atoms with Crippen LogP contribution in [-0.4, -0.2) is 5.60 Å². The molecule has 1 spiro atoms. The second-order valence-corrected chi connectivity index (χ2v) is 7.05. The lowest BCUT2D eigenvalue weighted by molar-refractivity contribution is -0.0216. The van der Waals surface area contributed by atoms with Crippen molar-refractivity contribution in [2.75, 3.05) is 0 Å². The second-order valence-electron chi connectivity index (χ2n) is 7.05. The molecule has 21 heavy (non-hydrogen) atoms. The van der Waals surface area contributed by atoms with Crippen molar-refractivity contribution in [3.63, 3.8) is 0 Å². The van der Waals surface area contributed by atoms with Gasteiger partial charge in [0.05, 0.1) is 0 Å². The van der Waals surface area contributed by atoms with E-state index >= 15 is 0 Å². The van der Waals surface area contributed by atoms with Crippen LogP contribution in [0, 0.1) is 24.7 Å². The van der Waals surface area contributed by atoms with E-state index in [4.69, 9.17) is 9.15 Å². The summed E-state index contributed by atoms with van der Waals surface area (Å²) in [6.07, 6.45) is 7.48. The molecule has 2 heterocycles. The molecule has 2 aliphatic rings. The van der Waals surface area contributed by atoms with Crippen molar-refractivity contribution in [1.82, 2.24) is 0 Å².